The predicted molar refractivity (Wildman–Crippen MR) is 74.9 cm³/mol. The number of ketones is 1. The Kier molecular flexibility index (Phi) is 5.37. The first-order valence-electron chi connectivity index (χ1n) is 7.67. The smallest absolute Gasteiger partial charge is 0.217 e. The zero-order valence-electron chi connectivity index (χ0n) is 12.0. The van der Waals surface area contributed by atoms with Gasteiger partial charge in [0.05, 0.1) is 6.54 Å². The van der Waals surface area contributed by atoms with Crippen LogP contribution in [0.4, 0.5) is 0 Å². The van der Waals surface area contributed by atoms with Gasteiger partial charge in [0, 0.05) is 32.0 Å². The van der Waals surface area contributed by atoms with Crippen molar-refractivity contribution in [3.63, 3.8) is 0 Å². The summed E-state index contributed by atoms with van der Waals surface area (Å²) in [4.78, 5) is 25.5. The highest BCUT2D eigenvalue weighted by Gasteiger charge is 2.25. The fraction of sp³-hybridized carbons (Fsp3) is 0.867. The van der Waals surface area contributed by atoms with Crippen molar-refractivity contribution in [1.29, 1.82) is 0 Å². The number of carbonyl (C=O) groups excluding carboxylic acids is 2. The lowest BCUT2D eigenvalue weighted by atomic mass is 9.86. The molecule has 1 saturated carbocycles. The highest BCUT2D eigenvalue weighted by Crippen LogP contribution is 2.25. The van der Waals surface area contributed by atoms with E-state index >= 15 is 0 Å². The molecule has 0 aromatic rings. The van der Waals surface area contributed by atoms with Crippen LogP contribution in [-0.4, -0.2) is 42.3 Å². The fourth-order valence-electron chi connectivity index (χ4n) is 3.30. The Balaban J connectivity index is 1.69. The van der Waals surface area contributed by atoms with E-state index < -0.39 is 0 Å². The Bertz CT molecular complexity index is 316. The summed E-state index contributed by atoms with van der Waals surface area (Å²) in [5.74, 6) is 0.816. The molecule has 1 N–H and O–H groups in total. The number of hydrogen-bond donors (Lipinski definition) is 1. The molecule has 19 heavy (non-hydrogen) atoms. The zero-order valence-corrected chi connectivity index (χ0v) is 12.0. The summed E-state index contributed by atoms with van der Waals surface area (Å²) in [6.45, 7) is 4.06. The Labute approximate surface area is 115 Å². The maximum absolute atomic E-state index is 12.2. The quantitative estimate of drug-likeness (QED) is 0.843. The van der Waals surface area contributed by atoms with Crippen LogP contribution in [0.5, 0.6) is 0 Å². The average Bonchev–Trinajstić information content (AvgIpc) is 2.41. The van der Waals surface area contributed by atoms with E-state index in [0.717, 1.165) is 38.8 Å². The van der Waals surface area contributed by atoms with Crippen LogP contribution < -0.4 is 5.32 Å². The van der Waals surface area contributed by atoms with Gasteiger partial charge in [-0.25, -0.2) is 0 Å². The predicted octanol–water partition coefficient (Wildman–Crippen LogP) is 1.74. The molecular formula is C15H26N2O2. The first-order chi connectivity index (χ1) is 9.15. The summed E-state index contributed by atoms with van der Waals surface area (Å²) in [6, 6.07) is 0.304. The van der Waals surface area contributed by atoms with Crippen LogP contribution in [0, 0.1) is 5.92 Å². The third-order valence-corrected chi connectivity index (χ3v) is 4.43. The van der Waals surface area contributed by atoms with Crippen LogP contribution in [0.2, 0.25) is 0 Å². The molecule has 2 rings (SSSR count). The maximum atomic E-state index is 12.2. The first kappa shape index (κ1) is 14.5. The molecule has 4 heteroatoms. The van der Waals surface area contributed by atoms with Gasteiger partial charge < -0.3 is 5.32 Å². The second-order valence-corrected chi connectivity index (χ2v) is 6.05. The van der Waals surface area contributed by atoms with Crippen molar-refractivity contribution in [2.45, 2.75) is 57.9 Å². The number of Topliss-reactive ketones (excluding diaryl/α,β-unsaturated/α-hetero) is 1. The number of carbonyl (C=O) groups is 2. The van der Waals surface area contributed by atoms with Crippen LogP contribution in [0.15, 0.2) is 0 Å². The van der Waals surface area contributed by atoms with Crippen LogP contribution in [0.3, 0.4) is 0 Å². The van der Waals surface area contributed by atoms with Gasteiger partial charge in [0.25, 0.3) is 0 Å². The van der Waals surface area contributed by atoms with Crippen molar-refractivity contribution in [3.05, 3.63) is 0 Å². The highest BCUT2D eigenvalue weighted by molar-refractivity contribution is 5.83. The average molecular weight is 266 g/mol. The third-order valence-electron chi connectivity index (χ3n) is 4.43. The van der Waals surface area contributed by atoms with E-state index in [1.165, 1.54) is 19.3 Å². The number of rotatable bonds is 4. The Morgan fingerprint density at radius 1 is 1.05 bits per heavy atom. The second-order valence-electron chi connectivity index (χ2n) is 6.05. The van der Waals surface area contributed by atoms with E-state index in [1.807, 2.05) is 0 Å². The molecule has 0 spiro atoms. The molecule has 0 bridgehead atoms. The molecular weight excluding hydrogens is 240 g/mol. The summed E-state index contributed by atoms with van der Waals surface area (Å²) in [6.07, 6.45) is 7.88. The topological polar surface area (TPSA) is 49.4 Å². The maximum Gasteiger partial charge on any atom is 0.217 e. The van der Waals surface area contributed by atoms with Gasteiger partial charge in [0.1, 0.15) is 5.78 Å². The normalized spacial score (nSPS) is 23.2. The van der Waals surface area contributed by atoms with Crippen molar-refractivity contribution in [1.82, 2.24) is 10.2 Å². The van der Waals surface area contributed by atoms with Crippen LogP contribution in [0.25, 0.3) is 0 Å². The summed E-state index contributed by atoms with van der Waals surface area (Å²) < 4.78 is 0. The number of likely N-dealkylation sites (tertiary alicyclic amines) is 1. The Morgan fingerprint density at radius 3 is 2.26 bits per heavy atom. The number of hydrogen-bond acceptors (Lipinski definition) is 3. The Morgan fingerprint density at radius 2 is 1.68 bits per heavy atom. The first-order valence-corrected chi connectivity index (χ1v) is 7.67. The molecule has 1 saturated heterocycles. The summed E-state index contributed by atoms with van der Waals surface area (Å²) in [7, 11) is 0. The minimum Gasteiger partial charge on any atom is -0.354 e. The highest BCUT2D eigenvalue weighted by atomic mass is 16.1. The molecule has 1 aliphatic carbocycles. The molecule has 0 aromatic heterocycles. The SMILES string of the molecule is CC(=O)NC1CCN(CC(=O)C2CCCCC2)CC1. The molecule has 4 nitrogen and oxygen atoms in total. The van der Waals surface area contributed by atoms with E-state index in [1.54, 1.807) is 6.92 Å². The number of amides is 1. The van der Waals surface area contributed by atoms with E-state index in [4.69, 9.17) is 0 Å². The second kappa shape index (κ2) is 7.04. The van der Waals surface area contributed by atoms with Gasteiger partial charge in [0.15, 0.2) is 0 Å². The van der Waals surface area contributed by atoms with Crippen LogP contribution >= 0.6 is 0 Å². The summed E-state index contributed by atoms with van der Waals surface area (Å²) >= 11 is 0. The Hall–Kier alpha value is -0.900. The number of nitrogens with zero attached hydrogens (tertiary/aromatic N) is 1. The lowest BCUT2D eigenvalue weighted by Gasteiger charge is -2.32. The molecule has 1 aliphatic heterocycles. The van der Waals surface area contributed by atoms with E-state index in [2.05, 4.69) is 10.2 Å². The largest absolute Gasteiger partial charge is 0.354 e. The summed E-state index contributed by atoms with van der Waals surface area (Å²) in [5, 5.41) is 2.97. The molecule has 0 unspecified atom stereocenters. The standard InChI is InChI=1S/C15H26N2O2/c1-12(18)16-14-7-9-17(10-8-14)11-15(19)13-5-3-2-4-6-13/h13-14H,2-11H2,1H3,(H,16,18). The molecule has 2 fully saturated rings. The monoisotopic (exact) mass is 266 g/mol. The summed E-state index contributed by atoms with van der Waals surface area (Å²) in [5.41, 5.74) is 0. The molecule has 0 radical (unpaired) electrons. The zero-order chi connectivity index (χ0) is 13.7. The lowest BCUT2D eigenvalue weighted by molar-refractivity contribution is -0.125. The van der Waals surface area contributed by atoms with Crippen LogP contribution in [-0.2, 0) is 9.59 Å². The van der Waals surface area contributed by atoms with Crippen molar-refractivity contribution in [3.8, 4) is 0 Å². The number of piperidine rings is 1. The third kappa shape index (κ3) is 4.60. The molecule has 108 valence electrons. The minimum atomic E-state index is 0.0525. The van der Waals surface area contributed by atoms with Gasteiger partial charge in [-0.2, -0.15) is 0 Å². The molecule has 0 atom stereocenters. The molecule has 2 aliphatic rings. The minimum absolute atomic E-state index is 0.0525. The molecule has 1 heterocycles. The molecule has 1 amide bonds. The van der Waals surface area contributed by atoms with Crippen molar-refractivity contribution < 1.29 is 9.59 Å². The van der Waals surface area contributed by atoms with Crippen LogP contribution in [0.1, 0.15) is 51.9 Å². The van der Waals surface area contributed by atoms with Gasteiger partial charge in [-0.05, 0) is 25.7 Å². The van der Waals surface area contributed by atoms with Crippen molar-refractivity contribution in [2.24, 2.45) is 5.92 Å². The van der Waals surface area contributed by atoms with E-state index in [-0.39, 0.29) is 5.91 Å². The van der Waals surface area contributed by atoms with Gasteiger partial charge in [-0.15, -0.1) is 0 Å². The molecule has 0 aromatic carbocycles. The lowest BCUT2D eigenvalue weighted by Crippen LogP contribution is -2.46. The van der Waals surface area contributed by atoms with Crippen molar-refractivity contribution in [2.75, 3.05) is 19.6 Å². The number of nitrogens with one attached hydrogen (secondary N) is 1. The fourth-order valence-corrected chi connectivity index (χ4v) is 3.30. The van der Waals surface area contributed by atoms with Crippen molar-refractivity contribution >= 4 is 11.7 Å². The van der Waals surface area contributed by atoms with E-state index in [0.29, 0.717) is 24.3 Å². The van der Waals surface area contributed by atoms with Gasteiger partial charge >= 0.3 is 0 Å². The van der Waals surface area contributed by atoms with Gasteiger partial charge in [-0.1, -0.05) is 19.3 Å². The van der Waals surface area contributed by atoms with E-state index in [9.17, 15) is 9.59 Å². The van der Waals surface area contributed by atoms with Gasteiger partial charge in [-0.3, -0.25) is 14.5 Å². The van der Waals surface area contributed by atoms with Gasteiger partial charge in [0.2, 0.25) is 5.91 Å².